The average Bonchev–Trinajstić information content (AvgIpc) is 2.81. The van der Waals surface area contributed by atoms with Gasteiger partial charge in [-0.15, -0.1) is 0 Å². The molecule has 0 saturated carbocycles. The number of aryl methyl sites for hydroxylation is 2. The molecule has 8 nitrogen and oxygen atoms in total. The van der Waals surface area contributed by atoms with Crippen LogP contribution in [-0.4, -0.2) is 41.2 Å². The Labute approximate surface area is 212 Å². The maximum absolute atomic E-state index is 13.8. The highest BCUT2D eigenvalue weighted by atomic mass is 32.2. The molecule has 0 atom stereocenters. The van der Waals surface area contributed by atoms with Gasteiger partial charge in [0.2, 0.25) is 5.91 Å². The van der Waals surface area contributed by atoms with Gasteiger partial charge in [0.15, 0.2) is 11.5 Å². The summed E-state index contributed by atoms with van der Waals surface area (Å²) in [5.41, 5.74) is 2.63. The number of benzene rings is 3. The molecule has 0 aliphatic heterocycles. The summed E-state index contributed by atoms with van der Waals surface area (Å²) in [7, 11) is -1.24. The monoisotopic (exact) mass is 512 g/mol. The van der Waals surface area contributed by atoms with Gasteiger partial charge in [-0.2, -0.15) is 0 Å². The summed E-state index contributed by atoms with van der Waals surface area (Å²) >= 11 is 0. The molecule has 9 heteroatoms. The van der Waals surface area contributed by atoms with Gasteiger partial charge in [-0.05, 0) is 75.2 Å². The van der Waals surface area contributed by atoms with E-state index in [1.165, 1.54) is 32.4 Å². The van der Waals surface area contributed by atoms with Crippen LogP contribution in [0.25, 0.3) is 0 Å². The minimum absolute atomic E-state index is 0.0253. The number of anilines is 2. The van der Waals surface area contributed by atoms with Crippen LogP contribution >= 0.6 is 0 Å². The second-order valence-electron chi connectivity index (χ2n) is 8.62. The summed E-state index contributed by atoms with van der Waals surface area (Å²) in [5, 5.41) is 2.78. The number of nitrogens with one attached hydrogen (secondary N) is 1. The zero-order valence-electron chi connectivity index (χ0n) is 21.4. The number of rotatable bonds is 10. The van der Waals surface area contributed by atoms with Crippen molar-refractivity contribution in [1.82, 2.24) is 0 Å². The summed E-state index contributed by atoms with van der Waals surface area (Å²) < 4.78 is 44.9. The zero-order valence-corrected chi connectivity index (χ0v) is 22.2. The van der Waals surface area contributed by atoms with E-state index in [4.69, 9.17) is 14.2 Å². The van der Waals surface area contributed by atoms with Crippen molar-refractivity contribution in [2.45, 2.75) is 38.7 Å². The molecular formula is C27H32N2O6S. The first kappa shape index (κ1) is 26.9. The van der Waals surface area contributed by atoms with Crippen molar-refractivity contribution in [1.29, 1.82) is 0 Å². The van der Waals surface area contributed by atoms with Crippen LogP contribution in [0.15, 0.2) is 65.6 Å². The number of ether oxygens (including phenoxy) is 3. The van der Waals surface area contributed by atoms with Gasteiger partial charge in [-0.1, -0.05) is 12.1 Å². The van der Waals surface area contributed by atoms with Crippen molar-refractivity contribution in [3.8, 4) is 17.2 Å². The van der Waals surface area contributed by atoms with Gasteiger partial charge in [0, 0.05) is 17.8 Å². The fourth-order valence-corrected chi connectivity index (χ4v) is 5.18. The first-order valence-electron chi connectivity index (χ1n) is 11.4. The molecule has 0 radical (unpaired) electrons. The number of methoxy groups -OCH3 is 2. The third-order valence-electron chi connectivity index (χ3n) is 5.21. The maximum atomic E-state index is 13.8. The molecule has 0 aromatic heterocycles. The minimum atomic E-state index is -4.14. The molecule has 0 saturated heterocycles. The normalized spacial score (nSPS) is 11.2. The topological polar surface area (TPSA) is 94.2 Å². The Balaban J connectivity index is 1.98. The van der Waals surface area contributed by atoms with Crippen LogP contribution in [0.3, 0.4) is 0 Å². The lowest BCUT2D eigenvalue weighted by Crippen LogP contribution is -2.38. The van der Waals surface area contributed by atoms with E-state index in [0.29, 0.717) is 22.9 Å². The number of sulfonamides is 1. The fourth-order valence-electron chi connectivity index (χ4n) is 3.76. The van der Waals surface area contributed by atoms with Crippen LogP contribution in [0.1, 0.15) is 25.0 Å². The predicted octanol–water partition coefficient (Wildman–Crippen LogP) is 4.94. The van der Waals surface area contributed by atoms with Gasteiger partial charge in [0.1, 0.15) is 12.3 Å². The highest BCUT2D eigenvalue weighted by Crippen LogP contribution is 2.33. The van der Waals surface area contributed by atoms with Crippen LogP contribution in [0, 0.1) is 13.8 Å². The second kappa shape index (κ2) is 11.3. The molecule has 3 rings (SSSR count). The number of carbonyl (C=O) groups excluding carboxylic acids is 1. The molecule has 0 spiro atoms. The smallest absolute Gasteiger partial charge is 0.264 e. The van der Waals surface area contributed by atoms with Gasteiger partial charge >= 0.3 is 0 Å². The maximum Gasteiger partial charge on any atom is 0.264 e. The van der Waals surface area contributed by atoms with E-state index >= 15 is 0 Å². The summed E-state index contributed by atoms with van der Waals surface area (Å²) in [5.74, 6) is 0.771. The molecule has 0 aliphatic rings. The lowest BCUT2D eigenvalue weighted by Gasteiger charge is -2.25. The van der Waals surface area contributed by atoms with Crippen molar-refractivity contribution in [3.63, 3.8) is 0 Å². The third kappa shape index (κ3) is 6.48. The van der Waals surface area contributed by atoms with Gasteiger partial charge < -0.3 is 19.5 Å². The zero-order chi connectivity index (χ0) is 26.5. The van der Waals surface area contributed by atoms with Gasteiger partial charge in [-0.25, -0.2) is 8.42 Å². The Morgan fingerprint density at radius 3 is 2.19 bits per heavy atom. The van der Waals surface area contributed by atoms with E-state index in [2.05, 4.69) is 5.32 Å². The van der Waals surface area contributed by atoms with E-state index in [1.807, 2.05) is 33.8 Å². The summed E-state index contributed by atoms with van der Waals surface area (Å²) in [6.45, 7) is 7.13. The van der Waals surface area contributed by atoms with Gasteiger partial charge in [0.05, 0.1) is 30.9 Å². The average molecular weight is 513 g/mol. The quantitative estimate of drug-likeness (QED) is 0.413. The summed E-state index contributed by atoms with van der Waals surface area (Å²) in [6, 6.07) is 16.7. The van der Waals surface area contributed by atoms with Crippen molar-refractivity contribution in [2.75, 3.05) is 30.4 Å². The predicted molar refractivity (Wildman–Crippen MR) is 141 cm³/mol. The Morgan fingerprint density at radius 1 is 0.917 bits per heavy atom. The molecule has 1 N–H and O–H groups in total. The summed E-state index contributed by atoms with van der Waals surface area (Å²) in [6.07, 6.45) is -0.0253. The molecule has 0 fully saturated rings. The molecule has 36 heavy (non-hydrogen) atoms. The number of amides is 1. The third-order valence-corrected chi connectivity index (χ3v) is 6.98. The fraction of sp³-hybridized carbons (Fsp3) is 0.296. The SMILES string of the molecule is COc1ccc(S(=O)(=O)N(CC(=O)Nc2cccc(OC(C)C)c2)c2cc(C)cc(C)c2)cc1OC. The highest BCUT2D eigenvalue weighted by Gasteiger charge is 2.29. The van der Waals surface area contributed by atoms with E-state index in [-0.39, 0.29) is 16.7 Å². The van der Waals surface area contributed by atoms with E-state index in [9.17, 15) is 13.2 Å². The number of hydrogen-bond donors (Lipinski definition) is 1. The minimum Gasteiger partial charge on any atom is -0.493 e. The van der Waals surface area contributed by atoms with Crippen LogP contribution in [-0.2, 0) is 14.8 Å². The van der Waals surface area contributed by atoms with Crippen LogP contribution in [0.4, 0.5) is 11.4 Å². The highest BCUT2D eigenvalue weighted by molar-refractivity contribution is 7.92. The number of nitrogens with zero attached hydrogens (tertiary/aromatic N) is 1. The lowest BCUT2D eigenvalue weighted by atomic mass is 10.1. The molecule has 3 aromatic rings. The summed E-state index contributed by atoms with van der Waals surface area (Å²) in [4.78, 5) is 13.1. The van der Waals surface area contributed by atoms with E-state index < -0.39 is 22.5 Å². The number of carbonyl (C=O) groups is 1. The van der Waals surface area contributed by atoms with E-state index in [1.54, 1.807) is 36.4 Å². The molecule has 3 aromatic carbocycles. The van der Waals surface area contributed by atoms with Crippen LogP contribution in [0.2, 0.25) is 0 Å². The molecule has 0 unspecified atom stereocenters. The van der Waals surface area contributed by atoms with Crippen LogP contribution < -0.4 is 23.8 Å². The first-order chi connectivity index (χ1) is 17.0. The first-order valence-corrected chi connectivity index (χ1v) is 12.9. The second-order valence-corrected chi connectivity index (χ2v) is 10.5. The number of hydrogen-bond acceptors (Lipinski definition) is 6. The molecule has 1 amide bonds. The lowest BCUT2D eigenvalue weighted by molar-refractivity contribution is -0.114. The largest absolute Gasteiger partial charge is 0.493 e. The standard InChI is InChI=1S/C27H32N2O6S/c1-18(2)35-23-9-7-8-21(15-23)28-27(30)17-29(22-13-19(3)12-20(4)14-22)36(31,32)24-10-11-25(33-5)26(16-24)34-6/h7-16,18H,17H2,1-6H3,(H,28,30). The molecule has 0 heterocycles. The van der Waals surface area contributed by atoms with Crippen molar-refractivity contribution in [2.24, 2.45) is 0 Å². The Kier molecular flexibility index (Phi) is 8.47. The van der Waals surface area contributed by atoms with E-state index in [0.717, 1.165) is 15.4 Å². The molecular weight excluding hydrogens is 480 g/mol. The van der Waals surface area contributed by atoms with Crippen molar-refractivity contribution in [3.05, 3.63) is 71.8 Å². The Hall–Kier alpha value is -3.72. The van der Waals surface area contributed by atoms with Crippen LogP contribution in [0.5, 0.6) is 17.2 Å². The van der Waals surface area contributed by atoms with Gasteiger partial charge in [0.25, 0.3) is 10.0 Å². The Morgan fingerprint density at radius 2 is 1.58 bits per heavy atom. The molecule has 0 bridgehead atoms. The van der Waals surface area contributed by atoms with Crippen molar-refractivity contribution < 1.29 is 27.4 Å². The van der Waals surface area contributed by atoms with Gasteiger partial charge in [-0.3, -0.25) is 9.10 Å². The molecule has 0 aliphatic carbocycles. The Bertz CT molecular complexity index is 1320. The van der Waals surface area contributed by atoms with Crippen molar-refractivity contribution >= 4 is 27.3 Å². The molecule has 192 valence electrons.